The first-order valence-electron chi connectivity index (χ1n) is 10.2. The van der Waals surface area contributed by atoms with Crippen LogP contribution in [0.3, 0.4) is 0 Å². The van der Waals surface area contributed by atoms with Gasteiger partial charge in [0, 0.05) is 5.56 Å². The van der Waals surface area contributed by atoms with Crippen LogP contribution in [0, 0.1) is 0 Å². The summed E-state index contributed by atoms with van der Waals surface area (Å²) in [5.74, 6) is -3.21. The SMILES string of the molecule is O=C(CN1C(=O)c2cc(Cl)c(Cl)cc2C1=O)OCC(=O)c1ccc(OC(=O)c2ccccc2)cc1. The lowest BCUT2D eigenvalue weighted by Gasteiger charge is -2.12. The summed E-state index contributed by atoms with van der Waals surface area (Å²) in [6, 6.07) is 16.6. The molecule has 0 N–H and O–H groups in total. The number of ketones is 1. The first-order chi connectivity index (χ1) is 16.7. The number of benzene rings is 3. The van der Waals surface area contributed by atoms with Crippen LogP contribution >= 0.6 is 23.2 Å². The summed E-state index contributed by atoms with van der Waals surface area (Å²) < 4.78 is 10.2. The summed E-state index contributed by atoms with van der Waals surface area (Å²) >= 11 is 11.8. The minimum atomic E-state index is -0.946. The van der Waals surface area contributed by atoms with Crippen molar-refractivity contribution in [2.24, 2.45) is 0 Å². The molecular weight excluding hydrogens is 497 g/mol. The van der Waals surface area contributed by atoms with E-state index in [0.29, 0.717) is 10.5 Å². The second kappa shape index (κ2) is 10.1. The van der Waals surface area contributed by atoms with Crippen LogP contribution in [0.25, 0.3) is 0 Å². The molecule has 0 bridgehead atoms. The van der Waals surface area contributed by atoms with Gasteiger partial charge in [-0.25, -0.2) is 4.79 Å². The molecule has 0 saturated carbocycles. The topological polar surface area (TPSA) is 107 Å². The molecule has 0 radical (unpaired) electrons. The molecule has 176 valence electrons. The fourth-order valence-corrected chi connectivity index (χ4v) is 3.61. The molecule has 35 heavy (non-hydrogen) atoms. The molecule has 0 saturated heterocycles. The number of rotatable bonds is 7. The highest BCUT2D eigenvalue weighted by atomic mass is 35.5. The monoisotopic (exact) mass is 511 g/mol. The highest BCUT2D eigenvalue weighted by Gasteiger charge is 2.37. The Labute approximate surface area is 208 Å². The second-order valence-electron chi connectivity index (χ2n) is 7.37. The van der Waals surface area contributed by atoms with E-state index in [-0.39, 0.29) is 32.5 Å². The molecule has 3 aromatic carbocycles. The third-order valence-corrected chi connectivity index (χ3v) is 5.78. The molecule has 1 aliphatic rings. The van der Waals surface area contributed by atoms with Crippen LogP contribution < -0.4 is 4.74 Å². The number of nitrogens with zero attached hydrogens (tertiary/aromatic N) is 1. The van der Waals surface area contributed by atoms with Crippen LogP contribution in [0.1, 0.15) is 41.4 Å². The minimum absolute atomic E-state index is 0.0290. The Kier molecular flexibility index (Phi) is 6.95. The number of fused-ring (bicyclic) bond motifs is 1. The number of amides is 2. The Bertz CT molecular complexity index is 1310. The van der Waals surface area contributed by atoms with Crippen molar-refractivity contribution >= 4 is 52.7 Å². The van der Waals surface area contributed by atoms with Gasteiger partial charge in [0.1, 0.15) is 12.3 Å². The van der Waals surface area contributed by atoms with Gasteiger partial charge in [0.15, 0.2) is 12.4 Å². The predicted molar refractivity (Wildman–Crippen MR) is 125 cm³/mol. The Morgan fingerprint density at radius 3 is 1.91 bits per heavy atom. The van der Waals surface area contributed by atoms with E-state index in [1.54, 1.807) is 30.3 Å². The zero-order valence-corrected chi connectivity index (χ0v) is 19.3. The molecule has 0 aromatic heterocycles. The number of imide groups is 1. The van der Waals surface area contributed by atoms with Crippen molar-refractivity contribution in [3.63, 3.8) is 0 Å². The van der Waals surface area contributed by atoms with Crippen molar-refractivity contribution < 1.29 is 33.4 Å². The molecular formula is C25H15Cl2NO7. The number of Topliss-reactive ketones (excluding diaryl/α,β-unsaturated/α-hetero) is 1. The van der Waals surface area contributed by atoms with Crippen molar-refractivity contribution in [2.75, 3.05) is 13.2 Å². The summed E-state index contributed by atoms with van der Waals surface area (Å²) in [5.41, 5.74) is 0.647. The van der Waals surface area contributed by atoms with E-state index in [1.165, 1.54) is 36.4 Å². The van der Waals surface area contributed by atoms with Crippen LogP contribution in [-0.4, -0.2) is 47.6 Å². The molecule has 10 heteroatoms. The molecule has 0 unspecified atom stereocenters. The average molecular weight is 512 g/mol. The van der Waals surface area contributed by atoms with Gasteiger partial charge in [0.05, 0.1) is 26.7 Å². The maximum absolute atomic E-state index is 12.5. The third kappa shape index (κ3) is 5.24. The van der Waals surface area contributed by atoms with E-state index in [0.717, 1.165) is 0 Å². The van der Waals surface area contributed by atoms with Gasteiger partial charge >= 0.3 is 11.9 Å². The summed E-state index contributed by atoms with van der Waals surface area (Å²) in [6.45, 7) is -1.29. The lowest BCUT2D eigenvalue weighted by atomic mass is 10.1. The van der Waals surface area contributed by atoms with E-state index in [2.05, 4.69) is 0 Å². The number of hydrogen-bond acceptors (Lipinski definition) is 7. The summed E-state index contributed by atoms with van der Waals surface area (Å²) in [5, 5.41) is 0.199. The molecule has 0 spiro atoms. The average Bonchev–Trinajstić information content (AvgIpc) is 3.08. The lowest BCUT2D eigenvalue weighted by Crippen LogP contribution is -2.36. The zero-order valence-electron chi connectivity index (χ0n) is 17.8. The van der Waals surface area contributed by atoms with Crippen molar-refractivity contribution in [1.29, 1.82) is 0 Å². The van der Waals surface area contributed by atoms with Crippen LogP contribution in [0.4, 0.5) is 0 Å². The number of esters is 2. The highest BCUT2D eigenvalue weighted by molar-refractivity contribution is 6.43. The molecule has 8 nitrogen and oxygen atoms in total. The number of carbonyl (C=O) groups is 5. The van der Waals surface area contributed by atoms with Gasteiger partial charge in [-0.2, -0.15) is 0 Å². The molecule has 1 heterocycles. The minimum Gasteiger partial charge on any atom is -0.456 e. The van der Waals surface area contributed by atoms with Gasteiger partial charge in [0.25, 0.3) is 11.8 Å². The molecule has 3 aromatic rings. The first kappa shape index (κ1) is 24.1. The Morgan fingerprint density at radius 2 is 1.34 bits per heavy atom. The van der Waals surface area contributed by atoms with Crippen LogP contribution in [0.2, 0.25) is 10.0 Å². The number of halogens is 2. The zero-order chi connectivity index (χ0) is 25.1. The number of ether oxygens (including phenoxy) is 2. The van der Waals surface area contributed by atoms with Gasteiger partial charge in [-0.1, -0.05) is 41.4 Å². The number of carbonyl (C=O) groups excluding carboxylic acids is 5. The first-order valence-corrected chi connectivity index (χ1v) is 10.9. The molecule has 0 atom stereocenters. The maximum Gasteiger partial charge on any atom is 0.343 e. The van der Waals surface area contributed by atoms with E-state index in [9.17, 15) is 24.0 Å². The third-order valence-electron chi connectivity index (χ3n) is 5.06. The summed E-state index contributed by atoms with van der Waals surface area (Å²) in [7, 11) is 0. The maximum atomic E-state index is 12.5. The Morgan fingerprint density at radius 1 is 0.771 bits per heavy atom. The largest absolute Gasteiger partial charge is 0.456 e. The normalized spacial score (nSPS) is 12.3. The quantitative estimate of drug-likeness (QED) is 0.202. The van der Waals surface area contributed by atoms with E-state index >= 15 is 0 Å². The second-order valence-corrected chi connectivity index (χ2v) is 8.19. The van der Waals surface area contributed by atoms with Crippen molar-refractivity contribution in [2.45, 2.75) is 0 Å². The van der Waals surface area contributed by atoms with Crippen LogP contribution in [0.15, 0.2) is 66.7 Å². The summed E-state index contributed by atoms with van der Waals surface area (Å²) in [6.07, 6.45) is 0. The predicted octanol–water partition coefficient (Wildman–Crippen LogP) is 4.23. The highest BCUT2D eigenvalue weighted by Crippen LogP contribution is 2.31. The van der Waals surface area contributed by atoms with Gasteiger partial charge < -0.3 is 9.47 Å². The van der Waals surface area contributed by atoms with E-state index < -0.39 is 42.7 Å². The summed E-state index contributed by atoms with van der Waals surface area (Å²) in [4.78, 5) is 62.3. The fourth-order valence-electron chi connectivity index (χ4n) is 3.28. The van der Waals surface area contributed by atoms with Crippen LogP contribution in [0.5, 0.6) is 5.75 Å². The Hall–Kier alpha value is -4.01. The van der Waals surface area contributed by atoms with Gasteiger partial charge in [0.2, 0.25) is 0 Å². The van der Waals surface area contributed by atoms with Crippen LogP contribution in [-0.2, 0) is 9.53 Å². The smallest absolute Gasteiger partial charge is 0.343 e. The number of hydrogen-bond donors (Lipinski definition) is 0. The molecule has 2 amide bonds. The fraction of sp³-hybridized carbons (Fsp3) is 0.0800. The molecule has 0 fully saturated rings. The molecule has 4 rings (SSSR count). The standard InChI is InChI=1S/C25H15Cl2NO7/c26-19-10-17-18(11-20(19)27)24(32)28(23(17)31)12-22(30)34-13-21(29)14-6-8-16(9-7-14)35-25(33)15-4-2-1-3-5-15/h1-11H,12-13H2. The van der Waals surface area contributed by atoms with Crippen molar-refractivity contribution in [1.82, 2.24) is 4.90 Å². The van der Waals surface area contributed by atoms with Gasteiger partial charge in [-0.05, 0) is 48.5 Å². The van der Waals surface area contributed by atoms with Gasteiger partial charge in [-0.3, -0.25) is 24.1 Å². The van der Waals surface area contributed by atoms with E-state index in [4.69, 9.17) is 32.7 Å². The van der Waals surface area contributed by atoms with Crippen molar-refractivity contribution in [3.05, 3.63) is 99.0 Å². The molecule has 1 aliphatic heterocycles. The van der Waals surface area contributed by atoms with E-state index in [1.807, 2.05) is 0 Å². The Balaban J connectivity index is 1.31. The lowest BCUT2D eigenvalue weighted by molar-refractivity contribution is -0.142. The molecule has 0 aliphatic carbocycles. The van der Waals surface area contributed by atoms with Crippen molar-refractivity contribution in [3.8, 4) is 5.75 Å². The van der Waals surface area contributed by atoms with Gasteiger partial charge in [-0.15, -0.1) is 0 Å².